The molecule has 1 amide bonds. The van der Waals surface area contributed by atoms with E-state index in [1.54, 1.807) is 43.9 Å². The number of ketones is 1. The van der Waals surface area contributed by atoms with Gasteiger partial charge in [0.25, 0.3) is 0 Å². The molecule has 0 spiro atoms. The molecule has 2 bridgehead atoms. The van der Waals surface area contributed by atoms with Gasteiger partial charge in [-0.05, 0) is 76.1 Å². The number of amides is 1. The highest BCUT2D eigenvalue weighted by Gasteiger charge is 2.52. The fraction of sp³-hybridized carbons (Fsp3) is 0.481. The van der Waals surface area contributed by atoms with Crippen LogP contribution in [0.15, 0.2) is 34.7 Å². The molecule has 182 valence electrons. The smallest absolute Gasteiger partial charge is 0.411 e. The number of hydrogen-bond donors (Lipinski definition) is 0. The van der Waals surface area contributed by atoms with Crippen LogP contribution >= 0.6 is 0 Å². The summed E-state index contributed by atoms with van der Waals surface area (Å²) >= 11 is 0. The van der Waals surface area contributed by atoms with Crippen molar-refractivity contribution < 1.29 is 23.1 Å². The number of halogens is 1. The number of Topliss-reactive ketones (excluding diaryl/α,β-unsaturated/α-hetero) is 1. The molecule has 1 saturated carbocycles. The number of nitrogens with zero attached hydrogens (tertiary/aromatic N) is 3. The van der Waals surface area contributed by atoms with E-state index in [0.29, 0.717) is 16.9 Å². The lowest BCUT2D eigenvalue weighted by atomic mass is 9.87. The van der Waals surface area contributed by atoms with Crippen LogP contribution in [-0.4, -0.2) is 34.5 Å². The van der Waals surface area contributed by atoms with Crippen LogP contribution in [0.3, 0.4) is 0 Å². The van der Waals surface area contributed by atoms with Crippen molar-refractivity contribution >= 4 is 11.9 Å². The van der Waals surface area contributed by atoms with Crippen molar-refractivity contribution in [3.63, 3.8) is 0 Å². The molecule has 1 saturated heterocycles. The summed E-state index contributed by atoms with van der Waals surface area (Å²) in [5.74, 6) is -0.837. The molecule has 2 aliphatic rings. The third-order valence-electron chi connectivity index (χ3n) is 6.67. The van der Waals surface area contributed by atoms with Crippen LogP contribution in [0, 0.1) is 40.3 Å². The molecule has 4 rings (SSSR count). The van der Waals surface area contributed by atoms with Gasteiger partial charge in [0.2, 0.25) is 5.76 Å². The van der Waals surface area contributed by atoms with Crippen molar-refractivity contribution in [1.29, 1.82) is 10.5 Å². The fourth-order valence-corrected chi connectivity index (χ4v) is 5.19. The van der Waals surface area contributed by atoms with E-state index in [1.807, 2.05) is 6.07 Å². The molecule has 7 nitrogen and oxygen atoms in total. The van der Waals surface area contributed by atoms with Gasteiger partial charge in [0.15, 0.2) is 5.78 Å². The molecular weight excluding hydrogens is 449 g/mol. The van der Waals surface area contributed by atoms with E-state index in [-0.39, 0.29) is 36.3 Å². The Hall–Kier alpha value is -3.65. The Bertz CT molecular complexity index is 1220. The fourth-order valence-electron chi connectivity index (χ4n) is 5.19. The minimum Gasteiger partial charge on any atom is -0.446 e. The Labute approximate surface area is 204 Å². The number of ether oxygens (including phenoxy) is 1. The minimum absolute atomic E-state index is 0.0162. The first-order valence-electron chi connectivity index (χ1n) is 11.8. The summed E-state index contributed by atoms with van der Waals surface area (Å²) in [7, 11) is 0. The molecule has 0 unspecified atom stereocenters. The Balaban J connectivity index is 1.45. The summed E-state index contributed by atoms with van der Waals surface area (Å²) in [5, 5.41) is 18.6. The number of carbonyl (C=O) groups is 2. The lowest BCUT2D eigenvalue weighted by Gasteiger charge is -2.35. The van der Waals surface area contributed by atoms with Gasteiger partial charge in [-0.1, -0.05) is 12.1 Å². The van der Waals surface area contributed by atoms with E-state index >= 15 is 0 Å². The number of likely N-dealkylation sites (tertiary alicyclic amines) is 1. The van der Waals surface area contributed by atoms with Crippen LogP contribution in [-0.2, 0) is 16.0 Å². The van der Waals surface area contributed by atoms with Crippen molar-refractivity contribution in [2.24, 2.45) is 11.8 Å². The van der Waals surface area contributed by atoms with Crippen LogP contribution in [0.25, 0.3) is 11.3 Å². The highest BCUT2D eigenvalue weighted by Crippen LogP contribution is 2.44. The monoisotopic (exact) mass is 477 g/mol. The van der Waals surface area contributed by atoms with E-state index in [1.165, 1.54) is 12.1 Å². The van der Waals surface area contributed by atoms with Crippen molar-refractivity contribution in [2.75, 3.05) is 0 Å². The zero-order valence-electron chi connectivity index (χ0n) is 20.1. The first-order chi connectivity index (χ1) is 16.6. The maximum Gasteiger partial charge on any atom is 0.411 e. The standard InChI is InChI=1S/C27H28FN3O4/c1-27(2,3)35-26(33)31-20-7-6-19(12-20)25(31)23(32)11-16(14-29)10-17-4-5-18(13-22(17)28)24-9-8-21(15-30)34-24/h4-5,8-9,13,16,19-20,25H,6-7,10-12H2,1-3H3/t16-,19+,20-,25+/m1/s1. The van der Waals surface area contributed by atoms with Crippen molar-refractivity contribution in [1.82, 2.24) is 4.90 Å². The van der Waals surface area contributed by atoms with Crippen LogP contribution < -0.4 is 0 Å². The molecule has 2 aromatic rings. The molecule has 1 aliphatic heterocycles. The number of nitriles is 2. The van der Waals surface area contributed by atoms with Crippen LogP contribution in [0.4, 0.5) is 9.18 Å². The summed E-state index contributed by atoms with van der Waals surface area (Å²) < 4.78 is 25.7. The molecule has 2 heterocycles. The first-order valence-corrected chi connectivity index (χ1v) is 11.8. The normalized spacial score (nSPS) is 21.9. The number of fused-ring (bicyclic) bond motifs is 2. The molecule has 8 heteroatoms. The average Bonchev–Trinajstić information content (AvgIpc) is 3.54. The molecule has 1 aliphatic carbocycles. The lowest BCUT2D eigenvalue weighted by Crippen LogP contribution is -2.51. The van der Waals surface area contributed by atoms with Gasteiger partial charge in [-0.2, -0.15) is 10.5 Å². The van der Waals surface area contributed by atoms with Gasteiger partial charge >= 0.3 is 6.09 Å². The SMILES string of the molecule is CC(C)(C)OC(=O)N1[C@@H]2CC[C@@H](C2)[C@H]1C(=O)C[C@H](C#N)Cc1ccc(-c2ccc(C#N)o2)cc1F. The van der Waals surface area contributed by atoms with Gasteiger partial charge in [-0.3, -0.25) is 9.69 Å². The predicted molar refractivity (Wildman–Crippen MR) is 124 cm³/mol. The summed E-state index contributed by atoms with van der Waals surface area (Å²) in [6.45, 7) is 5.36. The summed E-state index contributed by atoms with van der Waals surface area (Å²) in [4.78, 5) is 27.7. The van der Waals surface area contributed by atoms with E-state index in [2.05, 4.69) is 6.07 Å². The predicted octanol–water partition coefficient (Wildman–Crippen LogP) is 5.39. The zero-order valence-corrected chi connectivity index (χ0v) is 20.1. The Kier molecular flexibility index (Phi) is 6.67. The average molecular weight is 478 g/mol. The molecule has 35 heavy (non-hydrogen) atoms. The molecule has 1 aromatic heterocycles. The van der Waals surface area contributed by atoms with E-state index in [4.69, 9.17) is 14.4 Å². The third-order valence-corrected chi connectivity index (χ3v) is 6.67. The second-order valence-electron chi connectivity index (χ2n) is 10.3. The number of carbonyl (C=O) groups excluding carboxylic acids is 2. The largest absolute Gasteiger partial charge is 0.446 e. The molecule has 4 atom stereocenters. The Morgan fingerprint density at radius 3 is 2.63 bits per heavy atom. The first kappa shape index (κ1) is 24.5. The summed E-state index contributed by atoms with van der Waals surface area (Å²) in [6, 6.07) is 11.0. The van der Waals surface area contributed by atoms with Crippen LogP contribution in [0.5, 0.6) is 0 Å². The summed E-state index contributed by atoms with van der Waals surface area (Å²) in [6.07, 6.45) is 2.00. The zero-order chi connectivity index (χ0) is 25.3. The van der Waals surface area contributed by atoms with Gasteiger partial charge in [0.05, 0.1) is 18.0 Å². The molecule has 0 N–H and O–H groups in total. The van der Waals surface area contributed by atoms with Gasteiger partial charge in [-0.25, -0.2) is 9.18 Å². The number of piperidine rings is 1. The molecular formula is C27H28FN3O4. The summed E-state index contributed by atoms with van der Waals surface area (Å²) in [5.41, 5.74) is 0.126. The number of benzene rings is 1. The minimum atomic E-state index is -0.726. The number of hydrogen-bond acceptors (Lipinski definition) is 6. The van der Waals surface area contributed by atoms with Gasteiger partial charge in [-0.15, -0.1) is 0 Å². The van der Waals surface area contributed by atoms with Crippen molar-refractivity contribution in [3.05, 3.63) is 47.5 Å². The highest BCUT2D eigenvalue weighted by molar-refractivity contribution is 5.89. The maximum absolute atomic E-state index is 14.8. The van der Waals surface area contributed by atoms with Gasteiger partial charge in [0, 0.05) is 18.0 Å². The Morgan fingerprint density at radius 2 is 2.00 bits per heavy atom. The quantitative estimate of drug-likeness (QED) is 0.552. The maximum atomic E-state index is 14.8. The highest BCUT2D eigenvalue weighted by atomic mass is 19.1. The van der Waals surface area contributed by atoms with Crippen LogP contribution in [0.2, 0.25) is 0 Å². The molecule has 0 radical (unpaired) electrons. The Morgan fingerprint density at radius 1 is 1.23 bits per heavy atom. The topological polar surface area (TPSA) is 107 Å². The van der Waals surface area contributed by atoms with Gasteiger partial charge < -0.3 is 9.15 Å². The van der Waals surface area contributed by atoms with E-state index in [0.717, 1.165) is 19.3 Å². The van der Waals surface area contributed by atoms with Crippen molar-refractivity contribution in [2.45, 2.75) is 70.6 Å². The third kappa shape index (κ3) is 5.22. The molecule has 2 fully saturated rings. The van der Waals surface area contributed by atoms with Crippen molar-refractivity contribution in [3.8, 4) is 23.5 Å². The van der Waals surface area contributed by atoms with Crippen LogP contribution in [0.1, 0.15) is 57.8 Å². The number of furan rings is 1. The van der Waals surface area contributed by atoms with E-state index in [9.17, 15) is 19.2 Å². The van der Waals surface area contributed by atoms with E-state index < -0.39 is 29.5 Å². The number of rotatable bonds is 6. The second-order valence-corrected chi connectivity index (χ2v) is 10.3. The molecule has 1 aromatic carbocycles. The van der Waals surface area contributed by atoms with Gasteiger partial charge in [0.1, 0.15) is 23.2 Å². The lowest BCUT2D eigenvalue weighted by molar-refractivity contribution is -0.126. The second kappa shape index (κ2) is 9.54.